The Kier molecular flexibility index (Phi) is 4.70. The number of furan rings is 1. The fourth-order valence-electron chi connectivity index (χ4n) is 2.37. The molecule has 1 aliphatic rings. The lowest BCUT2D eigenvalue weighted by Gasteiger charge is -2.11. The molecule has 22 heavy (non-hydrogen) atoms. The summed E-state index contributed by atoms with van der Waals surface area (Å²) >= 11 is 0. The third-order valence-electron chi connectivity index (χ3n) is 3.61. The zero-order valence-corrected chi connectivity index (χ0v) is 12.2. The Hall–Kier alpha value is -2.34. The second-order valence-electron chi connectivity index (χ2n) is 5.26. The lowest BCUT2D eigenvalue weighted by molar-refractivity contribution is 0.111. The molecule has 1 unspecified atom stereocenters. The van der Waals surface area contributed by atoms with Gasteiger partial charge in [0.2, 0.25) is 0 Å². The van der Waals surface area contributed by atoms with Crippen LogP contribution >= 0.6 is 0 Å². The largest absolute Gasteiger partial charge is 0.472 e. The molecule has 0 aliphatic carbocycles. The summed E-state index contributed by atoms with van der Waals surface area (Å²) in [4.78, 5) is 16.1. The smallest absolute Gasteiger partial charge is 0.315 e. The highest BCUT2D eigenvalue weighted by Gasteiger charge is 2.15. The van der Waals surface area contributed by atoms with Gasteiger partial charge in [-0.1, -0.05) is 6.07 Å². The van der Waals surface area contributed by atoms with Crippen molar-refractivity contribution in [2.75, 3.05) is 13.2 Å². The zero-order valence-electron chi connectivity index (χ0n) is 12.2. The van der Waals surface area contributed by atoms with Crippen LogP contribution in [-0.4, -0.2) is 30.3 Å². The molecule has 6 nitrogen and oxygen atoms in total. The number of hydrogen-bond donors (Lipinski definition) is 2. The van der Waals surface area contributed by atoms with Crippen LogP contribution in [0.4, 0.5) is 4.79 Å². The molecule has 2 N–H and O–H groups in total. The number of ether oxygens (including phenoxy) is 1. The van der Waals surface area contributed by atoms with Crippen LogP contribution < -0.4 is 10.6 Å². The number of rotatable bonds is 5. The number of urea groups is 1. The summed E-state index contributed by atoms with van der Waals surface area (Å²) in [5.41, 5.74) is 2.73. The molecule has 3 heterocycles. The number of amides is 2. The minimum atomic E-state index is -0.186. The van der Waals surface area contributed by atoms with Crippen molar-refractivity contribution in [1.82, 2.24) is 15.6 Å². The van der Waals surface area contributed by atoms with Crippen molar-refractivity contribution in [2.45, 2.75) is 25.5 Å². The van der Waals surface area contributed by atoms with E-state index in [1.54, 1.807) is 18.7 Å². The maximum Gasteiger partial charge on any atom is 0.315 e. The molecule has 116 valence electrons. The van der Waals surface area contributed by atoms with E-state index < -0.39 is 0 Å². The number of aromatic nitrogens is 1. The van der Waals surface area contributed by atoms with Gasteiger partial charge in [-0.15, -0.1) is 0 Å². The van der Waals surface area contributed by atoms with Gasteiger partial charge in [-0.2, -0.15) is 0 Å². The molecule has 1 saturated heterocycles. The number of pyridine rings is 1. The van der Waals surface area contributed by atoms with Gasteiger partial charge in [0, 0.05) is 31.5 Å². The van der Waals surface area contributed by atoms with Crippen LogP contribution in [0.5, 0.6) is 0 Å². The van der Waals surface area contributed by atoms with Crippen LogP contribution in [-0.2, 0) is 11.3 Å². The van der Waals surface area contributed by atoms with Gasteiger partial charge in [0.15, 0.2) is 0 Å². The maximum atomic E-state index is 11.7. The normalized spacial score (nSPS) is 17.4. The summed E-state index contributed by atoms with van der Waals surface area (Å²) in [7, 11) is 0. The Balaban J connectivity index is 1.43. The van der Waals surface area contributed by atoms with Crippen LogP contribution in [0.1, 0.15) is 18.4 Å². The fourth-order valence-corrected chi connectivity index (χ4v) is 2.37. The average Bonchev–Trinajstić information content (AvgIpc) is 3.24. The number of nitrogens with one attached hydrogen (secondary N) is 2. The van der Waals surface area contributed by atoms with E-state index in [9.17, 15) is 4.79 Å². The van der Waals surface area contributed by atoms with Gasteiger partial charge < -0.3 is 19.8 Å². The summed E-state index contributed by atoms with van der Waals surface area (Å²) in [6.07, 6.45) is 7.26. The monoisotopic (exact) mass is 301 g/mol. The van der Waals surface area contributed by atoms with Gasteiger partial charge in [-0.05, 0) is 30.5 Å². The van der Waals surface area contributed by atoms with Crippen LogP contribution in [0, 0.1) is 0 Å². The molecule has 2 aromatic heterocycles. The molecular formula is C16H19N3O3. The molecule has 2 amide bonds. The van der Waals surface area contributed by atoms with Crippen molar-refractivity contribution in [1.29, 1.82) is 0 Å². The van der Waals surface area contributed by atoms with Gasteiger partial charge in [0.05, 0.1) is 24.3 Å². The third-order valence-corrected chi connectivity index (χ3v) is 3.61. The number of nitrogens with zero attached hydrogens (tertiary/aromatic N) is 1. The van der Waals surface area contributed by atoms with Crippen molar-refractivity contribution in [3.05, 3.63) is 42.5 Å². The van der Waals surface area contributed by atoms with Gasteiger partial charge in [-0.3, -0.25) is 4.98 Å². The van der Waals surface area contributed by atoms with Crippen LogP contribution in [0.25, 0.3) is 11.3 Å². The molecular weight excluding hydrogens is 282 g/mol. The summed E-state index contributed by atoms with van der Waals surface area (Å²) in [6, 6.07) is 5.52. The molecule has 1 fully saturated rings. The van der Waals surface area contributed by atoms with Gasteiger partial charge in [0.1, 0.15) is 0 Å². The molecule has 0 spiro atoms. The average molecular weight is 301 g/mol. The first-order valence-corrected chi connectivity index (χ1v) is 7.42. The first-order valence-electron chi connectivity index (χ1n) is 7.42. The fraction of sp³-hybridized carbons (Fsp3) is 0.375. The minimum Gasteiger partial charge on any atom is -0.472 e. The summed E-state index contributed by atoms with van der Waals surface area (Å²) in [5.74, 6) is 0. The Morgan fingerprint density at radius 3 is 2.95 bits per heavy atom. The quantitative estimate of drug-likeness (QED) is 0.888. The molecule has 6 heteroatoms. The van der Waals surface area contributed by atoms with E-state index in [2.05, 4.69) is 15.6 Å². The predicted octanol–water partition coefficient (Wildman–Crippen LogP) is 2.32. The molecule has 1 atom stereocenters. The number of hydrogen-bond acceptors (Lipinski definition) is 4. The van der Waals surface area contributed by atoms with Crippen LogP contribution in [0.15, 0.2) is 41.3 Å². The van der Waals surface area contributed by atoms with Crippen molar-refractivity contribution in [3.8, 4) is 11.3 Å². The lowest BCUT2D eigenvalue weighted by atomic mass is 10.2. The Labute approximate surface area is 128 Å². The second-order valence-corrected chi connectivity index (χ2v) is 5.26. The molecule has 0 saturated carbocycles. The maximum absolute atomic E-state index is 11.7. The topological polar surface area (TPSA) is 76.4 Å². The SMILES string of the molecule is O=C(NCc1ccc(-c2ccoc2)nc1)NCC1CCCO1. The predicted molar refractivity (Wildman–Crippen MR) is 81.2 cm³/mol. The molecule has 0 aromatic carbocycles. The molecule has 0 radical (unpaired) electrons. The van der Waals surface area contributed by atoms with E-state index >= 15 is 0 Å². The first-order chi connectivity index (χ1) is 10.8. The molecule has 3 rings (SSSR count). The highest BCUT2D eigenvalue weighted by molar-refractivity contribution is 5.73. The van der Waals surface area contributed by atoms with Crippen LogP contribution in [0.3, 0.4) is 0 Å². The summed E-state index contributed by atoms with van der Waals surface area (Å²) in [5, 5.41) is 5.63. The van der Waals surface area contributed by atoms with Gasteiger partial charge in [-0.25, -0.2) is 4.79 Å². The van der Waals surface area contributed by atoms with Crippen molar-refractivity contribution >= 4 is 6.03 Å². The zero-order chi connectivity index (χ0) is 15.2. The van der Waals surface area contributed by atoms with Crippen LogP contribution in [0.2, 0.25) is 0 Å². The Morgan fingerprint density at radius 1 is 1.32 bits per heavy atom. The first kappa shape index (κ1) is 14.6. The number of carbonyl (C=O) groups excluding carboxylic acids is 1. The van der Waals surface area contributed by atoms with E-state index in [4.69, 9.17) is 9.15 Å². The summed E-state index contributed by atoms with van der Waals surface area (Å²) < 4.78 is 10.5. The van der Waals surface area contributed by atoms with Gasteiger partial charge in [0.25, 0.3) is 0 Å². The van der Waals surface area contributed by atoms with E-state index in [0.29, 0.717) is 13.1 Å². The van der Waals surface area contributed by atoms with Crippen molar-refractivity contribution in [3.63, 3.8) is 0 Å². The Morgan fingerprint density at radius 2 is 2.27 bits per heavy atom. The lowest BCUT2D eigenvalue weighted by Crippen LogP contribution is -2.39. The van der Waals surface area contributed by atoms with Gasteiger partial charge >= 0.3 is 6.03 Å². The van der Waals surface area contributed by atoms with E-state index in [-0.39, 0.29) is 12.1 Å². The van der Waals surface area contributed by atoms with Crippen molar-refractivity contribution < 1.29 is 13.9 Å². The van der Waals surface area contributed by atoms with Crippen molar-refractivity contribution in [2.24, 2.45) is 0 Å². The molecule has 2 aromatic rings. The summed E-state index contributed by atoms with van der Waals surface area (Å²) in [6.45, 7) is 1.79. The third kappa shape index (κ3) is 3.85. The standard InChI is InChI=1S/C16H19N3O3/c20-16(19-10-14-2-1-6-22-14)18-9-12-3-4-15(17-8-12)13-5-7-21-11-13/h3-5,7-8,11,14H,1-2,6,9-10H2,(H2,18,19,20). The van der Waals surface area contributed by atoms with E-state index in [0.717, 1.165) is 36.3 Å². The van der Waals surface area contributed by atoms with E-state index in [1.165, 1.54) is 0 Å². The highest BCUT2D eigenvalue weighted by Crippen LogP contribution is 2.17. The highest BCUT2D eigenvalue weighted by atomic mass is 16.5. The molecule has 0 bridgehead atoms. The minimum absolute atomic E-state index is 0.154. The van der Waals surface area contributed by atoms with E-state index in [1.807, 2.05) is 18.2 Å². The molecule has 1 aliphatic heterocycles. The Bertz CT molecular complexity index is 590. The second kappa shape index (κ2) is 7.09. The number of carbonyl (C=O) groups is 1.